The second-order valence-electron chi connectivity index (χ2n) is 7.69. The van der Waals surface area contributed by atoms with Gasteiger partial charge in [0, 0.05) is 29.8 Å². The van der Waals surface area contributed by atoms with Crippen molar-refractivity contribution in [2.75, 3.05) is 18.4 Å². The van der Waals surface area contributed by atoms with Crippen LogP contribution in [0, 0.1) is 12.3 Å². The normalized spacial score (nSPS) is 19.2. The molecule has 1 aliphatic rings. The third-order valence-electron chi connectivity index (χ3n) is 5.18. The van der Waals surface area contributed by atoms with Gasteiger partial charge in [-0.05, 0) is 50.5 Å². The van der Waals surface area contributed by atoms with Crippen LogP contribution in [0.15, 0.2) is 53.0 Å². The quantitative estimate of drug-likeness (QED) is 0.718. The lowest BCUT2D eigenvalue weighted by atomic mass is 9.81. The molecule has 0 aromatic heterocycles. The van der Waals surface area contributed by atoms with E-state index in [-0.39, 0.29) is 11.9 Å². The smallest absolute Gasteiger partial charge is 0.321 e. The fourth-order valence-electron chi connectivity index (χ4n) is 3.47. The minimum Gasteiger partial charge on any atom is -0.351 e. The first-order valence-corrected chi connectivity index (χ1v) is 10.3. The van der Waals surface area contributed by atoms with Crippen molar-refractivity contribution in [1.29, 1.82) is 0 Å². The number of benzene rings is 2. The molecule has 2 aromatic carbocycles. The van der Waals surface area contributed by atoms with Crippen molar-refractivity contribution in [2.45, 2.75) is 33.2 Å². The molecular formula is C22H26BrN3O2. The number of amides is 3. The van der Waals surface area contributed by atoms with Crippen molar-refractivity contribution < 1.29 is 9.59 Å². The lowest BCUT2D eigenvalue weighted by Gasteiger charge is -2.39. The number of urea groups is 1. The summed E-state index contributed by atoms with van der Waals surface area (Å²) in [5.74, 6) is -0.00645. The molecule has 0 spiro atoms. The van der Waals surface area contributed by atoms with Gasteiger partial charge < -0.3 is 15.5 Å². The number of piperidine rings is 1. The highest BCUT2D eigenvalue weighted by Crippen LogP contribution is 2.30. The molecule has 0 saturated carbocycles. The summed E-state index contributed by atoms with van der Waals surface area (Å²) in [4.78, 5) is 27.3. The van der Waals surface area contributed by atoms with Crippen LogP contribution in [-0.4, -0.2) is 29.9 Å². The van der Waals surface area contributed by atoms with Gasteiger partial charge >= 0.3 is 6.03 Å². The molecule has 1 atom stereocenters. The van der Waals surface area contributed by atoms with Crippen LogP contribution >= 0.6 is 15.9 Å². The van der Waals surface area contributed by atoms with Crippen LogP contribution in [0.4, 0.5) is 10.5 Å². The SMILES string of the molecule is Cc1ccc(CNC(=O)C2(C)CCCN(C(=O)Nc3cccc(Br)c3)C2)cc1. The van der Waals surface area contributed by atoms with Gasteiger partial charge in [0.05, 0.1) is 5.41 Å². The number of hydrogen-bond donors (Lipinski definition) is 2. The maximum absolute atomic E-state index is 12.9. The van der Waals surface area contributed by atoms with Crippen molar-refractivity contribution in [3.63, 3.8) is 0 Å². The van der Waals surface area contributed by atoms with Gasteiger partial charge in [-0.15, -0.1) is 0 Å². The third kappa shape index (κ3) is 5.13. The predicted molar refractivity (Wildman–Crippen MR) is 115 cm³/mol. The number of aryl methyl sites for hydroxylation is 1. The zero-order valence-electron chi connectivity index (χ0n) is 16.3. The summed E-state index contributed by atoms with van der Waals surface area (Å²) in [6.07, 6.45) is 1.58. The molecule has 0 radical (unpaired) electrons. The first-order chi connectivity index (χ1) is 13.4. The van der Waals surface area contributed by atoms with Crippen LogP contribution in [0.25, 0.3) is 0 Å². The van der Waals surface area contributed by atoms with Crippen LogP contribution in [0.1, 0.15) is 30.9 Å². The van der Waals surface area contributed by atoms with Gasteiger partial charge in [-0.2, -0.15) is 0 Å². The second kappa shape index (κ2) is 8.78. The number of likely N-dealkylation sites (tertiary alicyclic amines) is 1. The van der Waals surface area contributed by atoms with Crippen LogP contribution in [0.5, 0.6) is 0 Å². The first-order valence-electron chi connectivity index (χ1n) is 9.51. The van der Waals surface area contributed by atoms with Gasteiger partial charge in [-0.25, -0.2) is 4.79 Å². The molecule has 0 bridgehead atoms. The van der Waals surface area contributed by atoms with Crippen LogP contribution < -0.4 is 10.6 Å². The Kier molecular flexibility index (Phi) is 6.39. The van der Waals surface area contributed by atoms with Gasteiger partial charge in [0.2, 0.25) is 5.91 Å². The molecule has 148 valence electrons. The fourth-order valence-corrected chi connectivity index (χ4v) is 3.87. The average Bonchev–Trinajstić information content (AvgIpc) is 2.67. The zero-order chi connectivity index (χ0) is 20.1. The van der Waals surface area contributed by atoms with Crippen molar-refractivity contribution in [1.82, 2.24) is 10.2 Å². The molecule has 1 unspecified atom stereocenters. The van der Waals surface area contributed by atoms with E-state index < -0.39 is 5.41 Å². The van der Waals surface area contributed by atoms with E-state index >= 15 is 0 Å². The molecular weight excluding hydrogens is 418 g/mol. The lowest BCUT2D eigenvalue weighted by Crippen LogP contribution is -2.52. The minimum atomic E-state index is -0.586. The highest BCUT2D eigenvalue weighted by Gasteiger charge is 2.39. The maximum Gasteiger partial charge on any atom is 0.321 e. The molecule has 6 heteroatoms. The summed E-state index contributed by atoms with van der Waals surface area (Å²) in [6, 6.07) is 15.4. The van der Waals surface area contributed by atoms with E-state index in [0.29, 0.717) is 19.6 Å². The second-order valence-corrected chi connectivity index (χ2v) is 8.61. The van der Waals surface area contributed by atoms with E-state index in [1.165, 1.54) is 5.56 Å². The average molecular weight is 444 g/mol. The molecule has 1 fully saturated rings. The lowest BCUT2D eigenvalue weighted by molar-refractivity contribution is -0.132. The summed E-state index contributed by atoms with van der Waals surface area (Å²) < 4.78 is 0.907. The highest BCUT2D eigenvalue weighted by molar-refractivity contribution is 9.10. The minimum absolute atomic E-state index is 0.00645. The van der Waals surface area contributed by atoms with E-state index in [9.17, 15) is 9.59 Å². The van der Waals surface area contributed by atoms with Crippen molar-refractivity contribution in [3.05, 3.63) is 64.1 Å². The Morgan fingerprint density at radius 2 is 1.93 bits per heavy atom. The Morgan fingerprint density at radius 3 is 2.64 bits per heavy atom. The topological polar surface area (TPSA) is 61.4 Å². The predicted octanol–water partition coefficient (Wildman–Crippen LogP) is 4.71. The summed E-state index contributed by atoms with van der Waals surface area (Å²) in [7, 11) is 0. The van der Waals surface area contributed by atoms with E-state index in [1.54, 1.807) is 4.90 Å². The van der Waals surface area contributed by atoms with Gasteiger partial charge in [-0.3, -0.25) is 4.79 Å². The molecule has 1 heterocycles. The highest BCUT2D eigenvalue weighted by atomic mass is 79.9. The Bertz CT molecular complexity index is 853. The Morgan fingerprint density at radius 1 is 1.18 bits per heavy atom. The number of halogens is 1. The number of hydrogen-bond acceptors (Lipinski definition) is 2. The standard InChI is InChI=1S/C22H26BrN3O2/c1-16-7-9-17(10-8-16)14-24-20(27)22(2)11-4-12-26(15-22)21(28)25-19-6-3-5-18(23)13-19/h3,5-10,13H,4,11-12,14-15H2,1-2H3,(H,24,27)(H,25,28). The molecule has 5 nitrogen and oxygen atoms in total. The largest absolute Gasteiger partial charge is 0.351 e. The third-order valence-corrected chi connectivity index (χ3v) is 5.67. The molecule has 2 aromatic rings. The van der Waals surface area contributed by atoms with Crippen molar-refractivity contribution in [2.24, 2.45) is 5.41 Å². The number of nitrogens with one attached hydrogen (secondary N) is 2. The fraction of sp³-hybridized carbons (Fsp3) is 0.364. The number of carbonyl (C=O) groups excluding carboxylic acids is 2. The maximum atomic E-state index is 12.9. The summed E-state index contributed by atoms with van der Waals surface area (Å²) in [6.45, 7) is 5.54. The summed E-state index contributed by atoms with van der Waals surface area (Å²) >= 11 is 3.41. The Hall–Kier alpha value is -2.34. The molecule has 3 amide bonds. The zero-order valence-corrected chi connectivity index (χ0v) is 17.9. The van der Waals surface area contributed by atoms with Crippen LogP contribution in [-0.2, 0) is 11.3 Å². The van der Waals surface area contributed by atoms with Gasteiger partial charge in [0.15, 0.2) is 0 Å². The number of rotatable bonds is 4. The molecule has 3 rings (SSSR count). The van der Waals surface area contributed by atoms with E-state index in [2.05, 4.69) is 26.6 Å². The molecule has 1 saturated heterocycles. The van der Waals surface area contributed by atoms with E-state index in [1.807, 2.05) is 62.4 Å². The van der Waals surface area contributed by atoms with Crippen molar-refractivity contribution >= 4 is 33.6 Å². The molecule has 1 aliphatic heterocycles. The van der Waals surface area contributed by atoms with E-state index in [0.717, 1.165) is 28.6 Å². The van der Waals surface area contributed by atoms with E-state index in [4.69, 9.17) is 0 Å². The van der Waals surface area contributed by atoms with Gasteiger partial charge in [-0.1, -0.05) is 51.8 Å². The Labute approximate surface area is 174 Å². The number of anilines is 1. The summed E-state index contributed by atoms with van der Waals surface area (Å²) in [5.41, 5.74) is 2.41. The monoisotopic (exact) mass is 443 g/mol. The van der Waals surface area contributed by atoms with Crippen molar-refractivity contribution in [3.8, 4) is 0 Å². The van der Waals surface area contributed by atoms with Crippen LogP contribution in [0.2, 0.25) is 0 Å². The van der Waals surface area contributed by atoms with Crippen LogP contribution in [0.3, 0.4) is 0 Å². The summed E-state index contributed by atoms with van der Waals surface area (Å²) in [5, 5.41) is 5.96. The molecule has 28 heavy (non-hydrogen) atoms. The number of nitrogens with zero attached hydrogens (tertiary/aromatic N) is 1. The first kappa shape index (κ1) is 20.4. The van der Waals surface area contributed by atoms with Gasteiger partial charge in [0.25, 0.3) is 0 Å². The van der Waals surface area contributed by atoms with Gasteiger partial charge in [0.1, 0.15) is 0 Å². The number of carbonyl (C=O) groups is 2. The Balaban J connectivity index is 1.59. The molecule has 0 aliphatic carbocycles. The molecule has 2 N–H and O–H groups in total.